The zero-order valence-corrected chi connectivity index (χ0v) is 10.2. The Balaban J connectivity index is 2.99. The van der Waals surface area contributed by atoms with E-state index in [0.29, 0.717) is 5.56 Å². The van der Waals surface area contributed by atoms with Gasteiger partial charge in [-0.1, -0.05) is 34.1 Å². The summed E-state index contributed by atoms with van der Waals surface area (Å²) in [6.45, 7) is 0. The summed E-state index contributed by atoms with van der Waals surface area (Å²) >= 11 is 7.04. The third kappa shape index (κ3) is 3.28. The van der Waals surface area contributed by atoms with Gasteiger partial charge in [0, 0.05) is 16.9 Å². The minimum absolute atomic E-state index is 0.0586. The predicted molar refractivity (Wildman–Crippen MR) is 61.2 cm³/mol. The van der Waals surface area contributed by atoms with Gasteiger partial charge in [0.15, 0.2) is 0 Å². The maximum absolute atomic E-state index is 12.5. The number of carbonyl (C=O) groups excluding carboxylic acids is 1. The lowest BCUT2D eigenvalue weighted by Gasteiger charge is -2.08. The second-order valence-corrected chi connectivity index (χ2v) is 4.01. The van der Waals surface area contributed by atoms with Gasteiger partial charge in [0.1, 0.15) is 5.78 Å². The molecule has 0 saturated heterocycles. The van der Waals surface area contributed by atoms with E-state index in [0.717, 1.165) is 0 Å². The summed E-state index contributed by atoms with van der Waals surface area (Å²) in [6.07, 6.45) is -2.43. The van der Waals surface area contributed by atoms with E-state index in [9.17, 15) is 13.6 Å². The molecule has 0 aliphatic heterocycles. The highest BCUT2D eigenvalue weighted by atomic mass is 79.9. The highest BCUT2D eigenvalue weighted by Crippen LogP contribution is 2.28. The number of rotatable bonds is 4. The molecule has 0 aromatic heterocycles. The van der Waals surface area contributed by atoms with Gasteiger partial charge in [0.25, 0.3) is 6.43 Å². The van der Waals surface area contributed by atoms with Crippen molar-refractivity contribution < 1.29 is 13.6 Å². The molecular formula is C10H9BrF2OS. The molecule has 0 fully saturated rings. The zero-order valence-electron chi connectivity index (χ0n) is 7.71. The minimum atomic E-state index is -2.56. The second kappa shape index (κ2) is 5.61. The van der Waals surface area contributed by atoms with Gasteiger partial charge < -0.3 is 0 Å². The molecule has 0 radical (unpaired) electrons. The normalized spacial score (nSPS) is 10.7. The molecule has 0 atom stereocenters. The van der Waals surface area contributed by atoms with Crippen LogP contribution in [0.25, 0.3) is 0 Å². The Morgan fingerprint density at radius 2 is 2.13 bits per heavy atom. The van der Waals surface area contributed by atoms with Gasteiger partial charge in [-0.05, 0) is 5.56 Å². The van der Waals surface area contributed by atoms with Gasteiger partial charge >= 0.3 is 0 Å². The summed E-state index contributed by atoms with van der Waals surface area (Å²) in [6, 6.07) is 4.46. The van der Waals surface area contributed by atoms with Gasteiger partial charge in [-0.3, -0.25) is 4.79 Å². The van der Waals surface area contributed by atoms with Crippen molar-refractivity contribution in [2.45, 2.75) is 17.7 Å². The Kier molecular flexibility index (Phi) is 4.73. The molecule has 0 aliphatic rings. The van der Waals surface area contributed by atoms with E-state index < -0.39 is 6.43 Å². The Labute approximate surface area is 100 Å². The molecule has 0 spiro atoms. The molecule has 0 amide bonds. The first-order valence-electron chi connectivity index (χ1n) is 4.22. The van der Waals surface area contributed by atoms with Gasteiger partial charge in [-0.25, -0.2) is 8.78 Å². The molecule has 0 N–H and O–H groups in total. The molecule has 0 aliphatic carbocycles. The molecule has 0 saturated carbocycles. The number of benzene rings is 1. The molecule has 1 rings (SSSR count). The van der Waals surface area contributed by atoms with Crippen LogP contribution in [0, 0.1) is 0 Å². The van der Waals surface area contributed by atoms with E-state index in [1.807, 2.05) is 0 Å². The fraction of sp³-hybridized carbons (Fsp3) is 0.300. The minimum Gasteiger partial charge on any atom is -0.298 e. The monoisotopic (exact) mass is 294 g/mol. The van der Waals surface area contributed by atoms with Crippen LogP contribution in [0.15, 0.2) is 23.1 Å². The summed E-state index contributed by atoms with van der Waals surface area (Å²) in [5, 5.41) is 0.221. The average Bonchev–Trinajstić information content (AvgIpc) is 2.20. The molecule has 82 valence electrons. The van der Waals surface area contributed by atoms with Gasteiger partial charge in [-0.15, -0.1) is 12.6 Å². The third-order valence-corrected chi connectivity index (χ3v) is 3.09. The number of alkyl halides is 3. The number of carbonyl (C=O) groups is 1. The summed E-state index contributed by atoms with van der Waals surface area (Å²) in [7, 11) is 0. The fourth-order valence-electron chi connectivity index (χ4n) is 1.19. The largest absolute Gasteiger partial charge is 0.298 e. The van der Waals surface area contributed by atoms with Crippen molar-refractivity contribution in [1.29, 1.82) is 0 Å². The molecular weight excluding hydrogens is 286 g/mol. The summed E-state index contributed by atoms with van der Waals surface area (Å²) < 4.78 is 25.0. The number of hydrogen-bond acceptors (Lipinski definition) is 2. The van der Waals surface area contributed by atoms with Crippen LogP contribution < -0.4 is 0 Å². The van der Waals surface area contributed by atoms with Crippen molar-refractivity contribution >= 4 is 34.3 Å². The van der Waals surface area contributed by atoms with Crippen molar-refractivity contribution in [2.75, 3.05) is 5.33 Å². The molecule has 15 heavy (non-hydrogen) atoms. The molecule has 0 bridgehead atoms. The highest BCUT2D eigenvalue weighted by molar-refractivity contribution is 9.09. The fourth-order valence-corrected chi connectivity index (χ4v) is 1.71. The second-order valence-electron chi connectivity index (χ2n) is 3.00. The Morgan fingerprint density at radius 3 is 2.67 bits per heavy atom. The van der Waals surface area contributed by atoms with E-state index in [1.165, 1.54) is 12.1 Å². The summed E-state index contributed by atoms with van der Waals surface area (Å²) in [5.41, 5.74) is 0.416. The van der Waals surface area contributed by atoms with E-state index >= 15 is 0 Å². The van der Waals surface area contributed by atoms with Crippen molar-refractivity contribution in [3.63, 3.8) is 0 Å². The zero-order chi connectivity index (χ0) is 11.4. The molecule has 0 unspecified atom stereocenters. The Morgan fingerprint density at radius 1 is 1.47 bits per heavy atom. The first-order chi connectivity index (χ1) is 7.06. The lowest BCUT2D eigenvalue weighted by molar-refractivity contribution is -0.115. The summed E-state index contributed by atoms with van der Waals surface area (Å²) in [4.78, 5) is 11.4. The van der Waals surface area contributed by atoms with Crippen LogP contribution in [0.4, 0.5) is 8.78 Å². The van der Waals surface area contributed by atoms with Crippen LogP contribution in [0.5, 0.6) is 0 Å². The van der Waals surface area contributed by atoms with Crippen molar-refractivity contribution in [2.24, 2.45) is 0 Å². The van der Waals surface area contributed by atoms with E-state index in [-0.39, 0.29) is 28.0 Å². The van der Waals surface area contributed by atoms with E-state index in [4.69, 9.17) is 0 Å². The first-order valence-corrected chi connectivity index (χ1v) is 5.79. The molecule has 5 heteroatoms. The van der Waals surface area contributed by atoms with Crippen molar-refractivity contribution in [3.05, 3.63) is 29.3 Å². The van der Waals surface area contributed by atoms with Crippen LogP contribution >= 0.6 is 28.6 Å². The standard InChI is InChI=1S/C10H9BrF2OS/c11-5-7(14)4-6-2-1-3-8(9(6)15)10(12)13/h1-3,10,15H,4-5H2. The van der Waals surface area contributed by atoms with Crippen LogP contribution in [-0.2, 0) is 11.2 Å². The number of thiol groups is 1. The highest BCUT2D eigenvalue weighted by Gasteiger charge is 2.14. The lowest BCUT2D eigenvalue weighted by Crippen LogP contribution is -2.05. The van der Waals surface area contributed by atoms with Crippen LogP contribution in [-0.4, -0.2) is 11.1 Å². The lowest BCUT2D eigenvalue weighted by atomic mass is 10.1. The number of Topliss-reactive ketones (excluding diaryl/α,β-unsaturated/α-hetero) is 1. The number of halogens is 3. The first kappa shape index (κ1) is 12.6. The average molecular weight is 295 g/mol. The van der Waals surface area contributed by atoms with Crippen molar-refractivity contribution in [3.8, 4) is 0 Å². The van der Waals surface area contributed by atoms with E-state index in [1.54, 1.807) is 6.07 Å². The van der Waals surface area contributed by atoms with Gasteiger partial charge in [0.2, 0.25) is 0 Å². The number of ketones is 1. The van der Waals surface area contributed by atoms with Crippen LogP contribution in [0.3, 0.4) is 0 Å². The van der Waals surface area contributed by atoms with Crippen LogP contribution in [0.1, 0.15) is 17.6 Å². The van der Waals surface area contributed by atoms with Crippen molar-refractivity contribution in [1.82, 2.24) is 0 Å². The molecule has 1 nitrogen and oxygen atoms in total. The molecule has 1 aromatic carbocycles. The van der Waals surface area contributed by atoms with Gasteiger partial charge in [-0.2, -0.15) is 0 Å². The Hall–Kier alpha value is -0.420. The quantitative estimate of drug-likeness (QED) is 0.665. The maximum Gasteiger partial charge on any atom is 0.264 e. The molecule has 1 aromatic rings. The maximum atomic E-state index is 12.5. The third-order valence-electron chi connectivity index (χ3n) is 1.92. The van der Waals surface area contributed by atoms with Crippen LogP contribution in [0.2, 0.25) is 0 Å². The smallest absolute Gasteiger partial charge is 0.264 e. The predicted octanol–water partition coefficient (Wildman–Crippen LogP) is 3.42. The van der Waals surface area contributed by atoms with E-state index in [2.05, 4.69) is 28.6 Å². The topological polar surface area (TPSA) is 17.1 Å². The number of hydrogen-bond donors (Lipinski definition) is 1. The Bertz CT molecular complexity index is 368. The molecule has 0 heterocycles. The van der Waals surface area contributed by atoms with Gasteiger partial charge in [0.05, 0.1) is 5.33 Å². The SMILES string of the molecule is O=C(CBr)Cc1cccc(C(F)F)c1S. The summed E-state index contributed by atoms with van der Waals surface area (Å²) in [5.74, 6) is -0.0586.